The molecule has 0 atom stereocenters. The van der Waals surface area contributed by atoms with Gasteiger partial charge in [-0.3, -0.25) is 0 Å². The molecule has 0 aliphatic carbocycles. The van der Waals surface area contributed by atoms with Crippen LogP contribution in [-0.4, -0.2) is 13.2 Å². The summed E-state index contributed by atoms with van der Waals surface area (Å²) < 4.78 is 5.07. The van der Waals surface area contributed by atoms with Gasteiger partial charge in [0.1, 0.15) is 0 Å². The first-order valence-electron chi connectivity index (χ1n) is 3.28. The van der Waals surface area contributed by atoms with Crippen LogP contribution in [0.25, 0.3) is 0 Å². The SMILES string of the molecule is C#CCCC1(C)COC1. The second-order valence-corrected chi connectivity index (χ2v) is 3.01. The molecular formula is C8H12O. The normalized spacial score (nSPS) is 22.2. The van der Waals surface area contributed by atoms with Crippen molar-refractivity contribution in [2.24, 2.45) is 5.41 Å². The topological polar surface area (TPSA) is 9.23 Å². The quantitative estimate of drug-likeness (QED) is 0.506. The summed E-state index contributed by atoms with van der Waals surface area (Å²) in [5.41, 5.74) is 0.409. The minimum atomic E-state index is 0.409. The molecule has 0 saturated carbocycles. The Labute approximate surface area is 56.4 Å². The van der Waals surface area contributed by atoms with Crippen LogP contribution >= 0.6 is 0 Å². The summed E-state index contributed by atoms with van der Waals surface area (Å²) in [7, 11) is 0. The molecule has 1 aliphatic heterocycles. The van der Waals surface area contributed by atoms with Crippen molar-refractivity contribution in [2.45, 2.75) is 19.8 Å². The van der Waals surface area contributed by atoms with E-state index in [1.54, 1.807) is 0 Å². The molecule has 9 heavy (non-hydrogen) atoms. The van der Waals surface area contributed by atoms with Crippen molar-refractivity contribution in [2.75, 3.05) is 13.2 Å². The van der Waals surface area contributed by atoms with Crippen LogP contribution < -0.4 is 0 Å². The summed E-state index contributed by atoms with van der Waals surface area (Å²) in [5.74, 6) is 2.64. The number of hydrogen-bond donors (Lipinski definition) is 0. The summed E-state index contributed by atoms with van der Waals surface area (Å²) in [6, 6.07) is 0. The lowest BCUT2D eigenvalue weighted by atomic mass is 9.84. The van der Waals surface area contributed by atoms with E-state index in [4.69, 9.17) is 11.2 Å². The van der Waals surface area contributed by atoms with Crippen molar-refractivity contribution in [3.05, 3.63) is 0 Å². The maximum absolute atomic E-state index is 5.12. The van der Waals surface area contributed by atoms with Crippen LogP contribution in [0.15, 0.2) is 0 Å². The Morgan fingerprint density at radius 2 is 2.33 bits per heavy atom. The van der Waals surface area contributed by atoms with E-state index in [0.717, 1.165) is 26.1 Å². The highest BCUT2D eigenvalue weighted by molar-refractivity contribution is 4.89. The van der Waals surface area contributed by atoms with Crippen LogP contribution in [0.2, 0.25) is 0 Å². The van der Waals surface area contributed by atoms with Gasteiger partial charge in [-0.05, 0) is 6.42 Å². The van der Waals surface area contributed by atoms with Gasteiger partial charge < -0.3 is 4.74 Å². The average Bonchev–Trinajstić information content (AvgIpc) is 1.79. The Bertz CT molecular complexity index is 128. The molecule has 1 rings (SSSR count). The Morgan fingerprint density at radius 1 is 1.67 bits per heavy atom. The second kappa shape index (κ2) is 2.41. The number of terminal acetylenes is 1. The highest BCUT2D eigenvalue weighted by Crippen LogP contribution is 2.31. The Morgan fingerprint density at radius 3 is 2.67 bits per heavy atom. The Hall–Kier alpha value is -0.480. The summed E-state index contributed by atoms with van der Waals surface area (Å²) in [6.45, 7) is 4.01. The number of rotatable bonds is 2. The molecule has 1 heteroatoms. The maximum atomic E-state index is 5.12. The lowest BCUT2D eigenvalue weighted by Crippen LogP contribution is -2.39. The van der Waals surface area contributed by atoms with Crippen LogP contribution in [0.5, 0.6) is 0 Å². The molecule has 0 spiro atoms. The van der Waals surface area contributed by atoms with E-state index in [2.05, 4.69) is 12.8 Å². The largest absolute Gasteiger partial charge is 0.380 e. The van der Waals surface area contributed by atoms with Crippen LogP contribution in [-0.2, 0) is 4.74 Å². The maximum Gasteiger partial charge on any atom is 0.0542 e. The van der Waals surface area contributed by atoms with Crippen molar-refractivity contribution >= 4 is 0 Å². The third-order valence-electron chi connectivity index (χ3n) is 1.77. The van der Waals surface area contributed by atoms with Gasteiger partial charge in [0.15, 0.2) is 0 Å². The summed E-state index contributed by atoms with van der Waals surface area (Å²) in [4.78, 5) is 0. The predicted octanol–water partition coefficient (Wildman–Crippen LogP) is 1.44. The van der Waals surface area contributed by atoms with Gasteiger partial charge in [0.05, 0.1) is 13.2 Å². The Balaban J connectivity index is 2.19. The predicted molar refractivity (Wildman–Crippen MR) is 37.0 cm³/mol. The van der Waals surface area contributed by atoms with Crippen molar-refractivity contribution in [1.29, 1.82) is 0 Å². The van der Waals surface area contributed by atoms with Crippen molar-refractivity contribution in [1.82, 2.24) is 0 Å². The van der Waals surface area contributed by atoms with Crippen molar-refractivity contribution < 1.29 is 4.74 Å². The van der Waals surface area contributed by atoms with E-state index in [-0.39, 0.29) is 0 Å². The fourth-order valence-corrected chi connectivity index (χ4v) is 0.969. The Kier molecular flexibility index (Phi) is 1.78. The summed E-state index contributed by atoms with van der Waals surface area (Å²) in [6.07, 6.45) is 7.13. The molecule has 1 fully saturated rings. The van der Waals surface area contributed by atoms with Gasteiger partial charge in [-0.25, -0.2) is 0 Å². The molecule has 0 amide bonds. The van der Waals surface area contributed by atoms with Gasteiger partial charge in [-0.2, -0.15) is 0 Å². The van der Waals surface area contributed by atoms with E-state index in [9.17, 15) is 0 Å². The number of ether oxygens (including phenoxy) is 1. The third-order valence-corrected chi connectivity index (χ3v) is 1.77. The fourth-order valence-electron chi connectivity index (χ4n) is 0.969. The lowest BCUT2D eigenvalue weighted by molar-refractivity contribution is -0.104. The highest BCUT2D eigenvalue weighted by atomic mass is 16.5. The molecule has 0 radical (unpaired) electrons. The van der Waals surface area contributed by atoms with Gasteiger partial charge in [-0.15, -0.1) is 12.3 Å². The van der Waals surface area contributed by atoms with E-state index < -0.39 is 0 Å². The first-order valence-corrected chi connectivity index (χ1v) is 3.28. The molecule has 1 saturated heterocycles. The fraction of sp³-hybridized carbons (Fsp3) is 0.750. The van der Waals surface area contributed by atoms with Gasteiger partial charge in [0.25, 0.3) is 0 Å². The molecule has 0 bridgehead atoms. The average molecular weight is 124 g/mol. The molecule has 0 aromatic heterocycles. The van der Waals surface area contributed by atoms with E-state index in [0.29, 0.717) is 5.41 Å². The lowest BCUT2D eigenvalue weighted by Gasteiger charge is -2.37. The summed E-state index contributed by atoms with van der Waals surface area (Å²) in [5, 5.41) is 0. The number of hydrogen-bond acceptors (Lipinski definition) is 1. The van der Waals surface area contributed by atoms with Gasteiger partial charge in [0, 0.05) is 11.8 Å². The monoisotopic (exact) mass is 124 g/mol. The summed E-state index contributed by atoms with van der Waals surface area (Å²) >= 11 is 0. The molecular weight excluding hydrogens is 112 g/mol. The molecule has 1 heterocycles. The first kappa shape index (κ1) is 6.64. The molecule has 1 nitrogen and oxygen atoms in total. The molecule has 1 aliphatic rings. The zero-order valence-electron chi connectivity index (χ0n) is 5.81. The van der Waals surface area contributed by atoms with Crippen molar-refractivity contribution in [3.63, 3.8) is 0 Å². The zero-order chi connectivity index (χ0) is 6.74. The van der Waals surface area contributed by atoms with Gasteiger partial charge in [0.2, 0.25) is 0 Å². The first-order chi connectivity index (χ1) is 4.27. The van der Waals surface area contributed by atoms with Crippen LogP contribution in [0.1, 0.15) is 19.8 Å². The third kappa shape index (κ3) is 1.46. The zero-order valence-corrected chi connectivity index (χ0v) is 5.81. The van der Waals surface area contributed by atoms with E-state index in [1.165, 1.54) is 0 Å². The molecule has 50 valence electrons. The molecule has 0 aromatic carbocycles. The van der Waals surface area contributed by atoms with Crippen LogP contribution in [0, 0.1) is 17.8 Å². The second-order valence-electron chi connectivity index (χ2n) is 3.01. The standard InChI is InChI=1S/C8H12O/c1-3-4-5-8(2)6-9-7-8/h1H,4-7H2,2H3. The minimum absolute atomic E-state index is 0.409. The smallest absolute Gasteiger partial charge is 0.0542 e. The van der Waals surface area contributed by atoms with Crippen molar-refractivity contribution in [3.8, 4) is 12.3 Å². The van der Waals surface area contributed by atoms with Gasteiger partial charge in [-0.1, -0.05) is 6.92 Å². The molecule has 0 aromatic rings. The highest BCUT2D eigenvalue weighted by Gasteiger charge is 2.31. The van der Waals surface area contributed by atoms with E-state index >= 15 is 0 Å². The molecule has 0 unspecified atom stereocenters. The molecule has 0 N–H and O–H groups in total. The van der Waals surface area contributed by atoms with E-state index in [1.807, 2.05) is 0 Å². The van der Waals surface area contributed by atoms with Crippen LogP contribution in [0.3, 0.4) is 0 Å². The minimum Gasteiger partial charge on any atom is -0.380 e. The van der Waals surface area contributed by atoms with Crippen LogP contribution in [0.4, 0.5) is 0 Å². The van der Waals surface area contributed by atoms with Gasteiger partial charge >= 0.3 is 0 Å².